The molecule has 1 amide bonds. The number of primary amides is 1. The van der Waals surface area contributed by atoms with E-state index in [1.54, 1.807) is 11.3 Å². The molecule has 2 rings (SSSR count). The number of rotatable bonds is 4. The summed E-state index contributed by atoms with van der Waals surface area (Å²) < 4.78 is 0. The molecule has 1 saturated heterocycles. The first-order chi connectivity index (χ1) is 9.38. The molecule has 1 aliphatic heterocycles. The van der Waals surface area contributed by atoms with E-state index in [9.17, 15) is 9.59 Å². The zero-order valence-electron chi connectivity index (χ0n) is 12.3. The molecule has 0 saturated carbocycles. The number of carbonyl (C=O) groups is 2. The average molecular weight is 294 g/mol. The molecule has 20 heavy (non-hydrogen) atoms. The van der Waals surface area contributed by atoms with E-state index in [2.05, 4.69) is 11.8 Å². The number of amides is 1. The van der Waals surface area contributed by atoms with Gasteiger partial charge in [0.05, 0.1) is 12.5 Å². The summed E-state index contributed by atoms with van der Waals surface area (Å²) in [6.45, 7) is 7.08. The van der Waals surface area contributed by atoms with Crippen molar-refractivity contribution in [2.24, 2.45) is 11.7 Å². The van der Waals surface area contributed by atoms with Gasteiger partial charge in [-0.05, 0) is 39.7 Å². The topological polar surface area (TPSA) is 63.4 Å². The van der Waals surface area contributed by atoms with Crippen LogP contribution in [0.3, 0.4) is 0 Å². The van der Waals surface area contributed by atoms with Gasteiger partial charge in [0.2, 0.25) is 5.91 Å². The lowest BCUT2D eigenvalue weighted by atomic mass is 9.92. The smallest absolute Gasteiger partial charge is 0.221 e. The summed E-state index contributed by atoms with van der Waals surface area (Å²) in [5.74, 6) is -0.231. The van der Waals surface area contributed by atoms with Crippen molar-refractivity contribution >= 4 is 23.0 Å². The van der Waals surface area contributed by atoms with Gasteiger partial charge < -0.3 is 5.73 Å². The molecule has 0 bridgehead atoms. The van der Waals surface area contributed by atoms with Crippen LogP contribution in [0.4, 0.5) is 0 Å². The van der Waals surface area contributed by atoms with Crippen molar-refractivity contribution in [1.82, 2.24) is 4.90 Å². The summed E-state index contributed by atoms with van der Waals surface area (Å²) in [4.78, 5) is 28.1. The molecular formula is C15H22N2O2S. The third kappa shape index (κ3) is 3.27. The molecule has 1 aromatic rings. The highest BCUT2D eigenvalue weighted by molar-refractivity contribution is 7.12. The van der Waals surface area contributed by atoms with Gasteiger partial charge in [0.15, 0.2) is 5.78 Å². The summed E-state index contributed by atoms with van der Waals surface area (Å²) in [5, 5.41) is 0. The van der Waals surface area contributed by atoms with Gasteiger partial charge in [-0.3, -0.25) is 14.5 Å². The standard InChI is InChI=1S/C15H22N2O2S/c1-9-4-5-12(15(16)19)7-17(9)8-14(18)13-6-10(2)20-11(13)3/h6,9,12H,4-5,7-8H2,1-3H3,(H2,16,19). The van der Waals surface area contributed by atoms with Crippen LogP contribution in [-0.4, -0.2) is 35.7 Å². The van der Waals surface area contributed by atoms with Crippen molar-refractivity contribution in [2.45, 2.75) is 39.7 Å². The number of piperidine rings is 1. The molecule has 110 valence electrons. The van der Waals surface area contributed by atoms with Crippen LogP contribution in [-0.2, 0) is 4.79 Å². The second-order valence-electron chi connectivity index (χ2n) is 5.71. The van der Waals surface area contributed by atoms with Crippen molar-refractivity contribution in [3.8, 4) is 0 Å². The first kappa shape index (κ1) is 15.2. The number of aryl methyl sites for hydroxylation is 2. The van der Waals surface area contributed by atoms with E-state index in [1.807, 2.05) is 19.9 Å². The third-order valence-corrected chi connectivity index (χ3v) is 5.07. The van der Waals surface area contributed by atoms with E-state index in [4.69, 9.17) is 5.73 Å². The largest absolute Gasteiger partial charge is 0.369 e. The Hall–Kier alpha value is -1.20. The number of nitrogens with zero attached hydrogens (tertiary/aromatic N) is 1. The molecule has 0 radical (unpaired) electrons. The van der Waals surface area contributed by atoms with Gasteiger partial charge in [-0.2, -0.15) is 0 Å². The number of likely N-dealkylation sites (tertiary alicyclic amines) is 1. The van der Waals surface area contributed by atoms with Gasteiger partial charge in [-0.25, -0.2) is 0 Å². The van der Waals surface area contributed by atoms with Crippen LogP contribution in [0.2, 0.25) is 0 Å². The summed E-state index contributed by atoms with van der Waals surface area (Å²) in [6.07, 6.45) is 1.75. The number of nitrogens with two attached hydrogens (primary N) is 1. The molecule has 5 heteroatoms. The molecule has 2 unspecified atom stereocenters. The van der Waals surface area contributed by atoms with Crippen molar-refractivity contribution in [3.63, 3.8) is 0 Å². The van der Waals surface area contributed by atoms with E-state index < -0.39 is 0 Å². The third-order valence-electron chi connectivity index (χ3n) is 4.10. The van der Waals surface area contributed by atoms with Crippen LogP contribution in [0.5, 0.6) is 0 Å². The SMILES string of the molecule is Cc1cc(C(=O)CN2CC(C(N)=O)CCC2C)c(C)s1. The number of hydrogen-bond donors (Lipinski definition) is 1. The lowest BCUT2D eigenvalue weighted by Gasteiger charge is -2.36. The minimum Gasteiger partial charge on any atom is -0.369 e. The highest BCUT2D eigenvalue weighted by Gasteiger charge is 2.30. The molecule has 2 N–H and O–H groups in total. The van der Waals surface area contributed by atoms with Crippen LogP contribution < -0.4 is 5.73 Å². The Balaban J connectivity index is 2.06. The van der Waals surface area contributed by atoms with Crippen molar-refractivity contribution in [2.75, 3.05) is 13.1 Å². The van der Waals surface area contributed by atoms with Gasteiger partial charge in [0, 0.05) is 27.9 Å². The Labute approximate surface area is 124 Å². The lowest BCUT2D eigenvalue weighted by molar-refractivity contribution is -0.123. The first-order valence-electron chi connectivity index (χ1n) is 7.02. The zero-order chi connectivity index (χ0) is 14.9. The predicted octanol–water partition coefficient (Wildman–Crippen LogP) is 2.13. The van der Waals surface area contributed by atoms with Crippen molar-refractivity contribution in [3.05, 3.63) is 21.4 Å². The van der Waals surface area contributed by atoms with Crippen LogP contribution in [0.25, 0.3) is 0 Å². The number of hydrogen-bond acceptors (Lipinski definition) is 4. The average Bonchev–Trinajstić information content (AvgIpc) is 2.71. The van der Waals surface area contributed by atoms with Gasteiger partial charge in [-0.1, -0.05) is 0 Å². The van der Waals surface area contributed by atoms with E-state index in [1.165, 1.54) is 0 Å². The summed E-state index contributed by atoms with van der Waals surface area (Å²) in [6, 6.07) is 2.29. The maximum Gasteiger partial charge on any atom is 0.221 e. The Morgan fingerprint density at radius 2 is 2.10 bits per heavy atom. The molecule has 2 heterocycles. The molecule has 0 spiro atoms. The Bertz CT molecular complexity index is 524. The van der Waals surface area contributed by atoms with E-state index in [-0.39, 0.29) is 17.6 Å². The fourth-order valence-electron chi connectivity index (χ4n) is 2.81. The van der Waals surface area contributed by atoms with Crippen LogP contribution in [0.15, 0.2) is 6.07 Å². The fraction of sp³-hybridized carbons (Fsp3) is 0.600. The Morgan fingerprint density at radius 1 is 1.40 bits per heavy atom. The molecule has 4 nitrogen and oxygen atoms in total. The quantitative estimate of drug-likeness (QED) is 0.865. The van der Waals surface area contributed by atoms with Gasteiger partial charge in [-0.15, -0.1) is 11.3 Å². The minimum atomic E-state index is -0.253. The van der Waals surface area contributed by atoms with Gasteiger partial charge >= 0.3 is 0 Å². The van der Waals surface area contributed by atoms with Gasteiger partial charge in [0.1, 0.15) is 0 Å². The van der Waals surface area contributed by atoms with Crippen LogP contribution in [0.1, 0.15) is 39.9 Å². The molecular weight excluding hydrogens is 272 g/mol. The van der Waals surface area contributed by atoms with Crippen molar-refractivity contribution in [1.29, 1.82) is 0 Å². The number of thiophene rings is 1. The maximum atomic E-state index is 12.4. The molecule has 0 aliphatic carbocycles. The van der Waals surface area contributed by atoms with E-state index >= 15 is 0 Å². The van der Waals surface area contributed by atoms with E-state index in [0.717, 1.165) is 28.2 Å². The maximum absolute atomic E-state index is 12.4. The molecule has 0 aromatic carbocycles. The highest BCUT2D eigenvalue weighted by atomic mass is 32.1. The number of ketones is 1. The second kappa shape index (κ2) is 6.06. The molecule has 1 fully saturated rings. The molecule has 1 aromatic heterocycles. The molecule has 2 atom stereocenters. The Morgan fingerprint density at radius 3 is 2.65 bits per heavy atom. The highest BCUT2D eigenvalue weighted by Crippen LogP contribution is 2.24. The first-order valence-corrected chi connectivity index (χ1v) is 7.83. The fourth-order valence-corrected chi connectivity index (χ4v) is 3.75. The number of carbonyl (C=O) groups excluding carboxylic acids is 2. The summed E-state index contributed by atoms with van der Waals surface area (Å²) in [5.41, 5.74) is 6.22. The van der Waals surface area contributed by atoms with Gasteiger partial charge in [0.25, 0.3) is 0 Å². The monoisotopic (exact) mass is 294 g/mol. The second-order valence-corrected chi connectivity index (χ2v) is 7.17. The van der Waals surface area contributed by atoms with Crippen molar-refractivity contribution < 1.29 is 9.59 Å². The lowest BCUT2D eigenvalue weighted by Crippen LogP contribution is -2.47. The zero-order valence-corrected chi connectivity index (χ0v) is 13.1. The summed E-state index contributed by atoms with van der Waals surface area (Å²) >= 11 is 1.65. The minimum absolute atomic E-state index is 0.121. The summed E-state index contributed by atoms with van der Waals surface area (Å²) in [7, 11) is 0. The van der Waals surface area contributed by atoms with E-state index in [0.29, 0.717) is 19.1 Å². The normalized spacial score (nSPS) is 23.8. The Kier molecular flexibility index (Phi) is 4.60. The number of Topliss-reactive ketones (excluding diaryl/α,β-unsaturated/α-hetero) is 1. The molecule has 1 aliphatic rings. The van der Waals surface area contributed by atoms with Crippen LogP contribution in [0, 0.1) is 19.8 Å². The predicted molar refractivity (Wildman–Crippen MR) is 81.1 cm³/mol. The van der Waals surface area contributed by atoms with Crippen LogP contribution >= 0.6 is 11.3 Å².